The fraction of sp³-hybridized carbons (Fsp3) is 0.156. The minimum atomic E-state index is -5.00. The lowest BCUT2D eigenvalue weighted by Crippen LogP contribution is -2.35. The molecule has 1 saturated carbocycles. The number of nitrogens with zero attached hydrogens (tertiary/aromatic N) is 1. The number of nitrogens with one attached hydrogen (secondary N) is 2. The SMILES string of the molecule is CNC(=O)c1c(-c2ccc(F)cc2)oc2ccc(-c3cc(C(=O)NC4(c5ccccn5)CC4)ccc3OC(F)(F)F)cc12. The van der Waals surface area contributed by atoms with E-state index in [2.05, 4.69) is 20.4 Å². The van der Waals surface area contributed by atoms with Gasteiger partial charge < -0.3 is 19.8 Å². The highest BCUT2D eigenvalue weighted by Gasteiger charge is 2.47. The third-order valence-electron chi connectivity index (χ3n) is 7.28. The molecular weight excluding hydrogens is 566 g/mol. The molecule has 1 aliphatic carbocycles. The summed E-state index contributed by atoms with van der Waals surface area (Å²) in [4.78, 5) is 30.7. The Morgan fingerprint density at radius 1 is 0.930 bits per heavy atom. The zero-order valence-electron chi connectivity index (χ0n) is 22.6. The highest BCUT2D eigenvalue weighted by molar-refractivity contribution is 6.12. The van der Waals surface area contributed by atoms with Crippen LogP contribution in [0.3, 0.4) is 0 Å². The van der Waals surface area contributed by atoms with Gasteiger partial charge in [0.15, 0.2) is 0 Å². The predicted molar refractivity (Wildman–Crippen MR) is 150 cm³/mol. The van der Waals surface area contributed by atoms with Gasteiger partial charge in [-0.1, -0.05) is 12.1 Å². The first-order valence-electron chi connectivity index (χ1n) is 13.3. The molecule has 218 valence electrons. The van der Waals surface area contributed by atoms with Crippen molar-refractivity contribution >= 4 is 22.8 Å². The Bertz CT molecular complexity index is 1850. The van der Waals surface area contributed by atoms with Crippen molar-refractivity contribution in [2.24, 2.45) is 0 Å². The van der Waals surface area contributed by atoms with E-state index >= 15 is 0 Å². The highest BCUT2D eigenvalue weighted by atomic mass is 19.4. The molecule has 0 aliphatic heterocycles. The number of pyridine rings is 1. The average molecular weight is 590 g/mol. The molecule has 0 bridgehead atoms. The Morgan fingerprint density at radius 2 is 1.67 bits per heavy atom. The first-order valence-corrected chi connectivity index (χ1v) is 13.3. The predicted octanol–water partition coefficient (Wildman–Crippen LogP) is 6.98. The summed E-state index contributed by atoms with van der Waals surface area (Å²) in [5, 5.41) is 5.82. The van der Waals surface area contributed by atoms with E-state index in [-0.39, 0.29) is 33.6 Å². The Hall–Kier alpha value is -5.19. The van der Waals surface area contributed by atoms with Crippen LogP contribution in [-0.4, -0.2) is 30.2 Å². The molecule has 2 heterocycles. The van der Waals surface area contributed by atoms with Gasteiger partial charge in [-0.25, -0.2) is 4.39 Å². The van der Waals surface area contributed by atoms with Crippen LogP contribution in [0.1, 0.15) is 39.3 Å². The van der Waals surface area contributed by atoms with Crippen LogP contribution in [0, 0.1) is 5.82 Å². The van der Waals surface area contributed by atoms with Gasteiger partial charge in [0.2, 0.25) is 0 Å². The van der Waals surface area contributed by atoms with Crippen molar-refractivity contribution in [3.05, 3.63) is 108 Å². The van der Waals surface area contributed by atoms with Crippen LogP contribution >= 0.6 is 0 Å². The third kappa shape index (κ3) is 5.53. The van der Waals surface area contributed by atoms with Gasteiger partial charge in [0.1, 0.15) is 22.9 Å². The molecule has 2 N–H and O–H groups in total. The maximum Gasteiger partial charge on any atom is 0.573 e. The van der Waals surface area contributed by atoms with Gasteiger partial charge in [-0.3, -0.25) is 14.6 Å². The van der Waals surface area contributed by atoms with Crippen LogP contribution in [0.15, 0.2) is 89.5 Å². The summed E-state index contributed by atoms with van der Waals surface area (Å²) in [5.74, 6) is -1.84. The van der Waals surface area contributed by atoms with E-state index < -0.39 is 35.3 Å². The maximum atomic E-state index is 13.6. The standard InChI is InChI=1S/C32H23F4N3O4/c1-37-30(41)27-23-16-19(7-11-24(23)42-28(27)18-5-9-21(33)10-6-18)22-17-20(8-12-25(22)43-32(34,35)36)29(40)39-31(13-14-31)26-4-2-3-15-38-26/h2-12,15-17H,13-14H2,1H3,(H,37,41)(H,39,40). The number of amides is 2. The fourth-order valence-electron chi connectivity index (χ4n) is 5.04. The molecule has 0 unspecified atom stereocenters. The zero-order valence-corrected chi connectivity index (χ0v) is 22.6. The van der Waals surface area contributed by atoms with Crippen molar-refractivity contribution in [2.45, 2.75) is 24.7 Å². The van der Waals surface area contributed by atoms with Gasteiger partial charge in [-0.2, -0.15) is 0 Å². The second-order valence-corrected chi connectivity index (χ2v) is 10.1. The number of alkyl halides is 3. The van der Waals surface area contributed by atoms with E-state index in [1.807, 2.05) is 12.1 Å². The van der Waals surface area contributed by atoms with Crippen molar-refractivity contribution in [1.29, 1.82) is 0 Å². The zero-order chi connectivity index (χ0) is 30.4. The van der Waals surface area contributed by atoms with Crippen molar-refractivity contribution in [3.8, 4) is 28.2 Å². The van der Waals surface area contributed by atoms with Crippen molar-refractivity contribution in [1.82, 2.24) is 15.6 Å². The summed E-state index contributed by atoms with van der Waals surface area (Å²) < 4.78 is 64.0. The smallest absolute Gasteiger partial charge is 0.455 e. The normalized spacial score (nSPS) is 13.9. The molecule has 1 aliphatic rings. The van der Waals surface area contributed by atoms with E-state index in [9.17, 15) is 27.2 Å². The number of rotatable bonds is 7. The number of carbonyl (C=O) groups is 2. The largest absolute Gasteiger partial charge is 0.573 e. The molecule has 5 aromatic rings. The third-order valence-corrected chi connectivity index (χ3v) is 7.28. The molecule has 1 fully saturated rings. The number of carbonyl (C=O) groups excluding carboxylic acids is 2. The van der Waals surface area contributed by atoms with Gasteiger partial charge in [0, 0.05) is 35.3 Å². The monoisotopic (exact) mass is 589 g/mol. The molecule has 11 heteroatoms. The lowest BCUT2D eigenvalue weighted by atomic mass is 9.98. The van der Waals surface area contributed by atoms with E-state index in [0.717, 1.165) is 6.07 Å². The number of benzene rings is 3. The molecule has 6 rings (SSSR count). The molecule has 0 spiro atoms. The van der Waals surface area contributed by atoms with Crippen molar-refractivity contribution < 1.29 is 36.3 Å². The number of aromatic nitrogens is 1. The van der Waals surface area contributed by atoms with E-state index in [4.69, 9.17) is 4.42 Å². The molecular formula is C32H23F4N3O4. The second-order valence-electron chi connectivity index (χ2n) is 10.1. The minimum absolute atomic E-state index is 0.0260. The number of furan rings is 1. The molecule has 2 amide bonds. The van der Waals surface area contributed by atoms with Crippen LogP contribution in [0.4, 0.5) is 17.6 Å². The van der Waals surface area contributed by atoms with Crippen LogP contribution in [0.25, 0.3) is 33.4 Å². The van der Waals surface area contributed by atoms with Crippen LogP contribution < -0.4 is 15.4 Å². The summed E-state index contributed by atoms with van der Waals surface area (Å²) in [6, 6.07) is 18.9. The number of halogens is 4. The van der Waals surface area contributed by atoms with E-state index in [1.165, 1.54) is 61.6 Å². The lowest BCUT2D eigenvalue weighted by Gasteiger charge is -2.18. The molecule has 3 aromatic carbocycles. The summed E-state index contributed by atoms with van der Waals surface area (Å²) in [5.41, 5.74) is 1.20. The first-order chi connectivity index (χ1) is 20.6. The van der Waals surface area contributed by atoms with Gasteiger partial charge >= 0.3 is 6.36 Å². The van der Waals surface area contributed by atoms with Crippen molar-refractivity contribution in [3.63, 3.8) is 0 Å². The van der Waals surface area contributed by atoms with Gasteiger partial charge in [-0.15, -0.1) is 13.2 Å². The number of fused-ring (bicyclic) bond motifs is 1. The number of hydrogen-bond acceptors (Lipinski definition) is 5. The molecule has 0 radical (unpaired) electrons. The lowest BCUT2D eigenvalue weighted by molar-refractivity contribution is -0.274. The first kappa shape index (κ1) is 28.0. The quantitative estimate of drug-likeness (QED) is 0.200. The average Bonchev–Trinajstić information content (AvgIpc) is 3.68. The summed E-state index contributed by atoms with van der Waals surface area (Å²) in [6.07, 6.45) is -2.02. The van der Waals surface area contributed by atoms with E-state index in [0.29, 0.717) is 29.5 Å². The molecule has 43 heavy (non-hydrogen) atoms. The molecule has 0 atom stereocenters. The highest BCUT2D eigenvalue weighted by Crippen LogP contribution is 2.45. The van der Waals surface area contributed by atoms with Gasteiger partial charge in [0.05, 0.1) is 16.8 Å². The minimum Gasteiger partial charge on any atom is -0.455 e. The number of ether oxygens (including phenoxy) is 1. The van der Waals surface area contributed by atoms with Gasteiger partial charge in [0.25, 0.3) is 11.8 Å². The van der Waals surface area contributed by atoms with Crippen LogP contribution in [-0.2, 0) is 5.54 Å². The summed E-state index contributed by atoms with van der Waals surface area (Å²) in [6.45, 7) is 0. The maximum absolute atomic E-state index is 13.6. The van der Waals surface area contributed by atoms with Crippen LogP contribution in [0.2, 0.25) is 0 Å². The van der Waals surface area contributed by atoms with Crippen molar-refractivity contribution in [2.75, 3.05) is 7.05 Å². The topological polar surface area (TPSA) is 93.5 Å². The fourth-order valence-corrected chi connectivity index (χ4v) is 5.04. The number of hydrogen-bond donors (Lipinski definition) is 2. The Kier molecular flexibility index (Phi) is 6.87. The second kappa shape index (κ2) is 10.6. The molecule has 2 aromatic heterocycles. The molecule has 7 nitrogen and oxygen atoms in total. The Morgan fingerprint density at radius 3 is 2.33 bits per heavy atom. The summed E-state index contributed by atoms with van der Waals surface area (Å²) in [7, 11) is 1.43. The summed E-state index contributed by atoms with van der Waals surface area (Å²) >= 11 is 0. The molecule has 0 saturated heterocycles. The van der Waals surface area contributed by atoms with Crippen LogP contribution in [0.5, 0.6) is 5.75 Å². The van der Waals surface area contributed by atoms with Gasteiger partial charge in [-0.05, 0) is 85.1 Å². The van der Waals surface area contributed by atoms with E-state index in [1.54, 1.807) is 12.3 Å². The Labute approximate surface area is 242 Å². The Balaban J connectivity index is 1.44.